The lowest BCUT2D eigenvalue weighted by atomic mass is 10.2. The van der Waals surface area contributed by atoms with E-state index in [1.165, 1.54) is 18.4 Å². The standard InChI is InChI=1S/C22H34N6O.HI/c1-3-23-22(25-15-13-21(29)27-18-9-4-5-10-18)24-14-8-16-28-17(2)26-19-11-6-7-12-20(19)28;/h6-7,11-12,18H,3-5,8-10,13-16H2,1-2H3,(H,27,29)(H2,23,24,25);1H. The van der Waals surface area contributed by atoms with Gasteiger partial charge in [0.15, 0.2) is 5.96 Å². The molecule has 1 aliphatic carbocycles. The number of carbonyl (C=O) groups is 1. The van der Waals surface area contributed by atoms with Crippen molar-refractivity contribution in [1.29, 1.82) is 0 Å². The zero-order chi connectivity index (χ0) is 20.5. The summed E-state index contributed by atoms with van der Waals surface area (Å²) in [5, 5.41) is 9.65. The van der Waals surface area contributed by atoms with E-state index in [1.807, 2.05) is 32.0 Å². The number of aliphatic imine (C=N–C) groups is 1. The zero-order valence-corrected chi connectivity index (χ0v) is 20.4. The third-order valence-corrected chi connectivity index (χ3v) is 5.36. The summed E-state index contributed by atoms with van der Waals surface area (Å²) in [5.41, 5.74) is 2.21. The summed E-state index contributed by atoms with van der Waals surface area (Å²) in [7, 11) is 0. The first-order valence-corrected chi connectivity index (χ1v) is 10.9. The second-order valence-electron chi connectivity index (χ2n) is 7.64. The molecule has 0 spiro atoms. The van der Waals surface area contributed by atoms with Gasteiger partial charge in [-0.25, -0.2) is 4.98 Å². The number of amides is 1. The van der Waals surface area contributed by atoms with Crippen molar-refractivity contribution in [3.63, 3.8) is 0 Å². The third-order valence-electron chi connectivity index (χ3n) is 5.36. The first-order valence-electron chi connectivity index (χ1n) is 10.9. The molecule has 1 saturated carbocycles. The predicted octanol–water partition coefficient (Wildman–Crippen LogP) is 3.36. The van der Waals surface area contributed by atoms with E-state index in [0.29, 0.717) is 19.0 Å². The summed E-state index contributed by atoms with van der Waals surface area (Å²) in [6.07, 6.45) is 6.11. The van der Waals surface area contributed by atoms with E-state index in [0.717, 1.165) is 56.2 Å². The summed E-state index contributed by atoms with van der Waals surface area (Å²) in [5.74, 6) is 1.93. The lowest BCUT2D eigenvalue weighted by Crippen LogP contribution is -2.40. The van der Waals surface area contributed by atoms with Gasteiger partial charge in [-0.1, -0.05) is 25.0 Å². The molecule has 8 heteroatoms. The van der Waals surface area contributed by atoms with Gasteiger partial charge in [0.1, 0.15) is 5.82 Å². The number of rotatable bonds is 9. The molecule has 0 aliphatic heterocycles. The number of carbonyl (C=O) groups excluding carboxylic acids is 1. The largest absolute Gasteiger partial charge is 0.357 e. The molecule has 166 valence electrons. The van der Waals surface area contributed by atoms with Crippen LogP contribution in [0.5, 0.6) is 0 Å². The minimum absolute atomic E-state index is 0. The Morgan fingerprint density at radius 2 is 2.00 bits per heavy atom. The quantitative estimate of drug-likeness (QED) is 0.203. The molecule has 0 bridgehead atoms. The van der Waals surface area contributed by atoms with Crippen LogP contribution < -0.4 is 16.0 Å². The Bertz CT molecular complexity index is 828. The van der Waals surface area contributed by atoms with Crippen LogP contribution in [0.3, 0.4) is 0 Å². The molecular formula is C22H35IN6O. The van der Waals surface area contributed by atoms with Crippen LogP contribution in [0.25, 0.3) is 11.0 Å². The van der Waals surface area contributed by atoms with Crippen LogP contribution in [0.1, 0.15) is 51.3 Å². The van der Waals surface area contributed by atoms with E-state index in [4.69, 9.17) is 0 Å². The number of fused-ring (bicyclic) bond motifs is 1. The average Bonchev–Trinajstić information content (AvgIpc) is 3.32. The van der Waals surface area contributed by atoms with Crippen molar-refractivity contribution < 1.29 is 4.79 Å². The van der Waals surface area contributed by atoms with Gasteiger partial charge in [-0.05, 0) is 45.2 Å². The van der Waals surface area contributed by atoms with Crippen LogP contribution in [0, 0.1) is 6.92 Å². The van der Waals surface area contributed by atoms with Gasteiger partial charge in [0.05, 0.1) is 11.0 Å². The molecule has 1 fully saturated rings. The Kier molecular flexibility index (Phi) is 10.4. The lowest BCUT2D eigenvalue weighted by Gasteiger charge is -2.14. The molecule has 0 atom stereocenters. The fourth-order valence-electron chi connectivity index (χ4n) is 3.90. The Balaban J connectivity index is 0.00000320. The molecule has 0 saturated heterocycles. The summed E-state index contributed by atoms with van der Waals surface area (Å²) in [6.45, 7) is 7.09. The van der Waals surface area contributed by atoms with Crippen molar-refractivity contribution in [2.45, 2.75) is 65.0 Å². The van der Waals surface area contributed by atoms with E-state index in [-0.39, 0.29) is 29.9 Å². The Labute approximate surface area is 196 Å². The number of aromatic nitrogens is 2. The molecular weight excluding hydrogens is 491 g/mol. The number of nitrogens with zero attached hydrogens (tertiary/aromatic N) is 3. The number of nitrogens with one attached hydrogen (secondary N) is 3. The molecule has 0 unspecified atom stereocenters. The molecule has 30 heavy (non-hydrogen) atoms. The number of guanidine groups is 1. The molecule has 1 amide bonds. The molecule has 3 N–H and O–H groups in total. The van der Waals surface area contributed by atoms with E-state index in [1.54, 1.807) is 0 Å². The minimum atomic E-state index is 0. The van der Waals surface area contributed by atoms with Crippen molar-refractivity contribution in [2.75, 3.05) is 19.6 Å². The van der Waals surface area contributed by atoms with Crippen molar-refractivity contribution >= 4 is 46.9 Å². The second kappa shape index (κ2) is 12.8. The Morgan fingerprint density at radius 1 is 1.23 bits per heavy atom. The minimum Gasteiger partial charge on any atom is -0.357 e. The number of aryl methyl sites for hydroxylation is 2. The van der Waals surface area contributed by atoms with Crippen molar-refractivity contribution in [2.24, 2.45) is 4.99 Å². The predicted molar refractivity (Wildman–Crippen MR) is 133 cm³/mol. The summed E-state index contributed by atoms with van der Waals surface area (Å²) < 4.78 is 2.25. The normalized spacial score (nSPS) is 14.5. The zero-order valence-electron chi connectivity index (χ0n) is 18.1. The monoisotopic (exact) mass is 526 g/mol. The Hall–Kier alpha value is -1.84. The van der Waals surface area contributed by atoms with Gasteiger partial charge >= 0.3 is 0 Å². The van der Waals surface area contributed by atoms with Gasteiger partial charge in [-0.2, -0.15) is 0 Å². The maximum Gasteiger partial charge on any atom is 0.221 e. The summed E-state index contributed by atoms with van der Waals surface area (Å²) >= 11 is 0. The number of hydrogen-bond donors (Lipinski definition) is 3. The summed E-state index contributed by atoms with van der Waals surface area (Å²) in [6, 6.07) is 8.61. The number of hydrogen-bond acceptors (Lipinski definition) is 3. The fraction of sp³-hybridized carbons (Fsp3) is 0.591. The highest BCUT2D eigenvalue weighted by Crippen LogP contribution is 2.17. The third kappa shape index (κ3) is 7.14. The van der Waals surface area contributed by atoms with Crippen molar-refractivity contribution in [1.82, 2.24) is 25.5 Å². The highest BCUT2D eigenvalue weighted by molar-refractivity contribution is 14.0. The molecule has 1 aromatic carbocycles. The molecule has 2 aromatic rings. The van der Waals surface area contributed by atoms with Crippen LogP contribution >= 0.6 is 24.0 Å². The molecule has 0 radical (unpaired) electrons. The highest BCUT2D eigenvalue weighted by atomic mass is 127. The highest BCUT2D eigenvalue weighted by Gasteiger charge is 2.16. The van der Waals surface area contributed by atoms with Gasteiger partial charge in [-0.3, -0.25) is 9.79 Å². The molecule has 1 aromatic heterocycles. The molecule has 7 nitrogen and oxygen atoms in total. The maximum absolute atomic E-state index is 12.0. The topological polar surface area (TPSA) is 83.3 Å². The number of para-hydroxylation sites is 2. The van der Waals surface area contributed by atoms with Crippen LogP contribution in [-0.4, -0.2) is 47.1 Å². The van der Waals surface area contributed by atoms with Gasteiger partial charge in [-0.15, -0.1) is 24.0 Å². The Morgan fingerprint density at radius 3 is 2.77 bits per heavy atom. The lowest BCUT2D eigenvalue weighted by molar-refractivity contribution is -0.121. The number of imidazole rings is 1. The summed E-state index contributed by atoms with van der Waals surface area (Å²) in [4.78, 5) is 21.3. The second-order valence-corrected chi connectivity index (χ2v) is 7.64. The van der Waals surface area contributed by atoms with Crippen LogP contribution in [0.15, 0.2) is 29.3 Å². The SMILES string of the molecule is CCNC(=NCCCn1c(C)nc2ccccc21)NCCC(=O)NC1CCCC1.I. The molecule has 1 heterocycles. The van der Waals surface area contributed by atoms with Crippen molar-refractivity contribution in [3.05, 3.63) is 30.1 Å². The smallest absolute Gasteiger partial charge is 0.221 e. The molecule has 1 aliphatic rings. The van der Waals surface area contributed by atoms with E-state index < -0.39 is 0 Å². The van der Waals surface area contributed by atoms with Crippen LogP contribution in [-0.2, 0) is 11.3 Å². The van der Waals surface area contributed by atoms with Crippen LogP contribution in [0.4, 0.5) is 0 Å². The first-order chi connectivity index (χ1) is 14.2. The van der Waals surface area contributed by atoms with Gasteiger partial charge in [0.2, 0.25) is 5.91 Å². The molecule has 3 rings (SSSR count). The van der Waals surface area contributed by atoms with E-state index >= 15 is 0 Å². The van der Waals surface area contributed by atoms with Gasteiger partial charge < -0.3 is 20.5 Å². The first kappa shape index (κ1) is 24.4. The number of benzene rings is 1. The van der Waals surface area contributed by atoms with Crippen LogP contribution in [0.2, 0.25) is 0 Å². The number of halogens is 1. The maximum atomic E-state index is 12.0. The van der Waals surface area contributed by atoms with E-state index in [9.17, 15) is 4.79 Å². The van der Waals surface area contributed by atoms with Gasteiger partial charge in [0, 0.05) is 38.6 Å². The average molecular weight is 526 g/mol. The van der Waals surface area contributed by atoms with E-state index in [2.05, 4.69) is 36.6 Å². The van der Waals surface area contributed by atoms with Gasteiger partial charge in [0.25, 0.3) is 0 Å². The fourth-order valence-corrected chi connectivity index (χ4v) is 3.90. The van der Waals surface area contributed by atoms with Crippen molar-refractivity contribution in [3.8, 4) is 0 Å².